The lowest BCUT2D eigenvalue weighted by molar-refractivity contribution is 0.475. The Hall–Kier alpha value is -1.67. The molecule has 18 heavy (non-hydrogen) atoms. The SMILES string of the molecule is CCN(Cc1ccc(O)cc1)c1ccccc1.Cl. The van der Waals surface area contributed by atoms with Crippen molar-refractivity contribution in [2.24, 2.45) is 0 Å². The van der Waals surface area contributed by atoms with E-state index in [1.165, 1.54) is 11.3 Å². The predicted octanol–water partition coefficient (Wildman–Crippen LogP) is 3.84. The number of hydrogen-bond acceptors (Lipinski definition) is 2. The molecule has 0 heterocycles. The summed E-state index contributed by atoms with van der Waals surface area (Å²) >= 11 is 0. The number of aromatic hydroxyl groups is 1. The Labute approximate surface area is 114 Å². The van der Waals surface area contributed by atoms with Gasteiger partial charge in [0.1, 0.15) is 5.75 Å². The number of para-hydroxylation sites is 1. The minimum Gasteiger partial charge on any atom is -0.508 e. The molecule has 0 saturated carbocycles. The number of rotatable bonds is 4. The molecule has 0 aliphatic carbocycles. The summed E-state index contributed by atoms with van der Waals surface area (Å²) in [6.45, 7) is 3.97. The third kappa shape index (κ3) is 3.67. The topological polar surface area (TPSA) is 23.5 Å². The van der Waals surface area contributed by atoms with Crippen LogP contribution in [0.2, 0.25) is 0 Å². The van der Waals surface area contributed by atoms with Gasteiger partial charge >= 0.3 is 0 Å². The van der Waals surface area contributed by atoms with Crippen molar-refractivity contribution in [2.75, 3.05) is 11.4 Å². The molecule has 0 fully saturated rings. The van der Waals surface area contributed by atoms with Crippen LogP contribution in [-0.4, -0.2) is 11.7 Å². The van der Waals surface area contributed by atoms with Crippen LogP contribution in [-0.2, 0) is 6.54 Å². The van der Waals surface area contributed by atoms with E-state index in [1.54, 1.807) is 12.1 Å². The molecule has 0 saturated heterocycles. The molecule has 0 unspecified atom stereocenters. The lowest BCUT2D eigenvalue weighted by Crippen LogP contribution is -2.21. The Balaban J connectivity index is 0.00000162. The first-order valence-corrected chi connectivity index (χ1v) is 5.87. The third-order valence-electron chi connectivity index (χ3n) is 2.81. The molecule has 0 atom stereocenters. The lowest BCUT2D eigenvalue weighted by Gasteiger charge is -2.23. The largest absolute Gasteiger partial charge is 0.508 e. The van der Waals surface area contributed by atoms with Crippen molar-refractivity contribution in [1.29, 1.82) is 0 Å². The van der Waals surface area contributed by atoms with Crippen LogP contribution in [0.25, 0.3) is 0 Å². The average Bonchev–Trinajstić information content (AvgIpc) is 2.39. The Morgan fingerprint density at radius 1 is 0.944 bits per heavy atom. The summed E-state index contributed by atoms with van der Waals surface area (Å²) < 4.78 is 0. The van der Waals surface area contributed by atoms with E-state index >= 15 is 0 Å². The molecule has 2 nitrogen and oxygen atoms in total. The number of phenols is 1. The monoisotopic (exact) mass is 263 g/mol. The fraction of sp³-hybridized carbons (Fsp3) is 0.200. The van der Waals surface area contributed by atoms with Gasteiger partial charge in [-0.05, 0) is 36.8 Å². The van der Waals surface area contributed by atoms with Crippen molar-refractivity contribution in [3.05, 3.63) is 60.2 Å². The fourth-order valence-electron chi connectivity index (χ4n) is 1.85. The van der Waals surface area contributed by atoms with Gasteiger partial charge in [0.2, 0.25) is 0 Å². The van der Waals surface area contributed by atoms with E-state index in [9.17, 15) is 5.11 Å². The smallest absolute Gasteiger partial charge is 0.115 e. The molecule has 0 spiro atoms. The lowest BCUT2D eigenvalue weighted by atomic mass is 10.2. The first-order chi connectivity index (χ1) is 8.29. The van der Waals surface area contributed by atoms with Crippen molar-refractivity contribution >= 4 is 18.1 Å². The zero-order valence-corrected chi connectivity index (χ0v) is 11.2. The first kappa shape index (κ1) is 14.4. The molecule has 0 aliphatic heterocycles. The van der Waals surface area contributed by atoms with Crippen LogP contribution in [0.1, 0.15) is 12.5 Å². The van der Waals surface area contributed by atoms with Crippen molar-refractivity contribution in [3.8, 4) is 5.75 Å². The number of halogens is 1. The summed E-state index contributed by atoms with van der Waals surface area (Å²) in [4.78, 5) is 2.30. The van der Waals surface area contributed by atoms with Gasteiger partial charge in [-0.25, -0.2) is 0 Å². The molecule has 3 heteroatoms. The molecule has 0 radical (unpaired) electrons. The van der Waals surface area contributed by atoms with Crippen LogP contribution < -0.4 is 4.90 Å². The Morgan fingerprint density at radius 2 is 1.56 bits per heavy atom. The molecule has 0 bridgehead atoms. The van der Waals surface area contributed by atoms with Crippen molar-refractivity contribution < 1.29 is 5.11 Å². The van der Waals surface area contributed by atoms with Gasteiger partial charge in [-0.15, -0.1) is 12.4 Å². The van der Waals surface area contributed by atoms with Crippen LogP contribution >= 0.6 is 12.4 Å². The van der Waals surface area contributed by atoms with E-state index in [-0.39, 0.29) is 12.4 Å². The molecule has 2 aromatic carbocycles. The molecule has 0 aromatic heterocycles. The maximum Gasteiger partial charge on any atom is 0.115 e. The normalized spacial score (nSPS) is 9.61. The molecule has 2 rings (SSSR count). The predicted molar refractivity (Wildman–Crippen MR) is 78.5 cm³/mol. The zero-order chi connectivity index (χ0) is 12.1. The molecule has 0 aliphatic rings. The van der Waals surface area contributed by atoms with Gasteiger partial charge in [0.15, 0.2) is 0 Å². The van der Waals surface area contributed by atoms with Crippen LogP contribution in [0.3, 0.4) is 0 Å². The second-order valence-electron chi connectivity index (χ2n) is 4.02. The molecule has 96 valence electrons. The third-order valence-corrected chi connectivity index (χ3v) is 2.81. The van der Waals surface area contributed by atoms with Gasteiger partial charge in [0, 0.05) is 18.8 Å². The summed E-state index contributed by atoms with van der Waals surface area (Å²) in [5.74, 6) is 0.316. The second kappa shape index (κ2) is 6.92. The molecule has 2 aromatic rings. The van der Waals surface area contributed by atoms with Crippen LogP contribution in [0.4, 0.5) is 5.69 Å². The van der Waals surface area contributed by atoms with Gasteiger partial charge in [0.25, 0.3) is 0 Å². The van der Waals surface area contributed by atoms with E-state index in [0.29, 0.717) is 5.75 Å². The fourth-order valence-corrected chi connectivity index (χ4v) is 1.85. The average molecular weight is 264 g/mol. The number of hydrogen-bond donors (Lipinski definition) is 1. The van der Waals surface area contributed by atoms with Crippen molar-refractivity contribution in [1.82, 2.24) is 0 Å². The summed E-state index contributed by atoms with van der Waals surface area (Å²) in [7, 11) is 0. The summed E-state index contributed by atoms with van der Waals surface area (Å²) in [6.07, 6.45) is 0. The highest BCUT2D eigenvalue weighted by molar-refractivity contribution is 5.85. The standard InChI is InChI=1S/C15H17NO.ClH/c1-2-16(14-6-4-3-5-7-14)12-13-8-10-15(17)11-9-13;/h3-11,17H,2,12H2,1H3;1H. The maximum absolute atomic E-state index is 9.25. The number of phenolic OH excluding ortho intramolecular Hbond substituents is 1. The molecule has 0 amide bonds. The number of nitrogens with zero attached hydrogens (tertiary/aromatic N) is 1. The highest BCUT2D eigenvalue weighted by Gasteiger charge is 2.04. The van der Waals surface area contributed by atoms with Gasteiger partial charge in [-0.2, -0.15) is 0 Å². The highest BCUT2D eigenvalue weighted by atomic mass is 35.5. The Bertz CT molecular complexity index is 456. The highest BCUT2D eigenvalue weighted by Crippen LogP contribution is 2.17. The minimum atomic E-state index is 0. The van der Waals surface area contributed by atoms with Gasteiger partial charge < -0.3 is 10.0 Å². The summed E-state index contributed by atoms with van der Waals surface area (Å²) in [5.41, 5.74) is 2.43. The minimum absolute atomic E-state index is 0. The molecule has 1 N–H and O–H groups in total. The molecular formula is C15H18ClNO. The van der Waals surface area contributed by atoms with Crippen LogP contribution in [0.15, 0.2) is 54.6 Å². The summed E-state index contributed by atoms with van der Waals surface area (Å²) in [5, 5.41) is 9.25. The Kier molecular flexibility index (Phi) is 5.53. The van der Waals surface area contributed by atoms with Gasteiger partial charge in [-0.3, -0.25) is 0 Å². The maximum atomic E-state index is 9.25. The first-order valence-electron chi connectivity index (χ1n) is 5.87. The summed E-state index contributed by atoms with van der Waals surface area (Å²) in [6, 6.07) is 17.7. The zero-order valence-electron chi connectivity index (χ0n) is 10.4. The van der Waals surface area contributed by atoms with E-state index in [1.807, 2.05) is 18.2 Å². The van der Waals surface area contributed by atoms with E-state index in [2.05, 4.69) is 36.1 Å². The quantitative estimate of drug-likeness (QED) is 0.906. The van der Waals surface area contributed by atoms with E-state index in [4.69, 9.17) is 0 Å². The van der Waals surface area contributed by atoms with E-state index in [0.717, 1.165) is 13.1 Å². The van der Waals surface area contributed by atoms with Gasteiger partial charge in [-0.1, -0.05) is 30.3 Å². The number of anilines is 1. The van der Waals surface area contributed by atoms with Gasteiger partial charge in [0.05, 0.1) is 0 Å². The second-order valence-corrected chi connectivity index (χ2v) is 4.02. The number of benzene rings is 2. The molecular weight excluding hydrogens is 246 g/mol. The van der Waals surface area contributed by atoms with Crippen molar-refractivity contribution in [2.45, 2.75) is 13.5 Å². The van der Waals surface area contributed by atoms with E-state index < -0.39 is 0 Å². The van der Waals surface area contributed by atoms with Crippen LogP contribution in [0.5, 0.6) is 5.75 Å². The Morgan fingerprint density at radius 3 is 2.11 bits per heavy atom. The van der Waals surface area contributed by atoms with Crippen molar-refractivity contribution in [3.63, 3.8) is 0 Å². The van der Waals surface area contributed by atoms with Crippen LogP contribution in [0, 0.1) is 0 Å².